The number of carbonyl (C=O) groups is 1. The molecule has 134 valence electrons. The first-order valence-electron chi connectivity index (χ1n) is 8.66. The molecule has 2 heterocycles. The number of hydrogen-bond donors (Lipinski definition) is 1. The summed E-state index contributed by atoms with van der Waals surface area (Å²) in [6.07, 6.45) is 5.80. The number of amides is 1. The molecular weight excluding hydrogens is 344 g/mol. The van der Waals surface area contributed by atoms with Crippen molar-refractivity contribution in [3.05, 3.63) is 59.7 Å². The molecule has 6 heteroatoms. The second kappa shape index (κ2) is 8.58. The second-order valence-electron chi connectivity index (χ2n) is 6.06. The van der Waals surface area contributed by atoms with Gasteiger partial charge in [-0.2, -0.15) is 0 Å². The smallest absolute Gasteiger partial charge is 0.257 e. The van der Waals surface area contributed by atoms with E-state index >= 15 is 0 Å². The van der Waals surface area contributed by atoms with Crippen molar-refractivity contribution in [2.24, 2.45) is 0 Å². The standard InChI is InChI=1S/C20H22N4OS/c1-3-4-12-24(2)17-9-7-15(8-10-17)19(25)23-20-22-18(14-26-20)16-6-5-11-21-13-16/h5-11,13-14H,3-4,12H2,1-2H3,(H,22,23,25). The SMILES string of the molecule is CCCCN(C)c1ccc(C(=O)Nc2nc(-c3cccnc3)cs2)cc1. The molecule has 0 unspecified atom stereocenters. The van der Waals surface area contributed by atoms with Crippen molar-refractivity contribution in [1.29, 1.82) is 0 Å². The van der Waals surface area contributed by atoms with E-state index in [1.165, 1.54) is 17.8 Å². The zero-order valence-corrected chi connectivity index (χ0v) is 15.8. The fraction of sp³-hybridized carbons (Fsp3) is 0.250. The van der Waals surface area contributed by atoms with E-state index in [9.17, 15) is 4.79 Å². The van der Waals surface area contributed by atoms with E-state index < -0.39 is 0 Å². The van der Waals surface area contributed by atoms with Gasteiger partial charge in [0, 0.05) is 48.2 Å². The van der Waals surface area contributed by atoms with Crippen LogP contribution in [0.5, 0.6) is 0 Å². The lowest BCUT2D eigenvalue weighted by Crippen LogP contribution is -2.18. The molecule has 2 aromatic heterocycles. The highest BCUT2D eigenvalue weighted by Gasteiger charge is 2.11. The number of benzene rings is 1. The van der Waals surface area contributed by atoms with Crippen LogP contribution in [0.25, 0.3) is 11.3 Å². The maximum Gasteiger partial charge on any atom is 0.257 e. The summed E-state index contributed by atoms with van der Waals surface area (Å²) in [5.41, 5.74) is 3.48. The summed E-state index contributed by atoms with van der Waals surface area (Å²) in [6.45, 7) is 3.19. The summed E-state index contributed by atoms with van der Waals surface area (Å²) < 4.78 is 0. The zero-order chi connectivity index (χ0) is 18.4. The number of carbonyl (C=O) groups excluding carboxylic acids is 1. The Kier molecular flexibility index (Phi) is 5.96. The molecule has 3 rings (SSSR count). The predicted octanol–water partition coefficient (Wildman–Crippen LogP) is 4.69. The van der Waals surface area contributed by atoms with Gasteiger partial charge in [0.05, 0.1) is 5.69 Å². The van der Waals surface area contributed by atoms with Gasteiger partial charge in [0.15, 0.2) is 5.13 Å². The van der Waals surface area contributed by atoms with Crippen LogP contribution in [-0.4, -0.2) is 29.5 Å². The van der Waals surface area contributed by atoms with Crippen molar-refractivity contribution in [3.63, 3.8) is 0 Å². The first-order chi connectivity index (χ1) is 12.7. The summed E-state index contributed by atoms with van der Waals surface area (Å²) in [7, 11) is 2.07. The molecule has 0 atom stereocenters. The minimum absolute atomic E-state index is 0.153. The Labute approximate surface area is 157 Å². The lowest BCUT2D eigenvalue weighted by atomic mass is 10.2. The molecule has 0 spiro atoms. The monoisotopic (exact) mass is 366 g/mol. The minimum atomic E-state index is -0.153. The predicted molar refractivity (Wildman–Crippen MR) is 108 cm³/mol. The van der Waals surface area contributed by atoms with E-state index in [0.29, 0.717) is 10.7 Å². The molecule has 0 aliphatic heterocycles. The molecule has 26 heavy (non-hydrogen) atoms. The normalized spacial score (nSPS) is 10.5. The van der Waals surface area contributed by atoms with Crippen LogP contribution in [0.15, 0.2) is 54.2 Å². The third-order valence-corrected chi connectivity index (χ3v) is 4.86. The molecule has 0 aliphatic carbocycles. The van der Waals surface area contributed by atoms with Crippen LogP contribution >= 0.6 is 11.3 Å². The van der Waals surface area contributed by atoms with E-state index in [1.807, 2.05) is 41.8 Å². The van der Waals surface area contributed by atoms with E-state index in [-0.39, 0.29) is 5.91 Å². The largest absolute Gasteiger partial charge is 0.375 e. The molecule has 0 aliphatic rings. The molecule has 0 saturated heterocycles. The van der Waals surface area contributed by atoms with Gasteiger partial charge >= 0.3 is 0 Å². The first-order valence-corrected chi connectivity index (χ1v) is 9.54. The molecule has 3 aromatic rings. The highest BCUT2D eigenvalue weighted by Crippen LogP contribution is 2.24. The lowest BCUT2D eigenvalue weighted by Gasteiger charge is -2.19. The summed E-state index contributed by atoms with van der Waals surface area (Å²) >= 11 is 1.41. The van der Waals surface area contributed by atoms with Gasteiger partial charge in [-0.3, -0.25) is 15.1 Å². The number of unbranched alkanes of at least 4 members (excludes halogenated alkanes) is 1. The van der Waals surface area contributed by atoms with Crippen LogP contribution in [0, 0.1) is 0 Å². The molecule has 0 fully saturated rings. The highest BCUT2D eigenvalue weighted by atomic mass is 32.1. The third kappa shape index (κ3) is 4.46. The van der Waals surface area contributed by atoms with Crippen LogP contribution in [0.1, 0.15) is 30.1 Å². The van der Waals surface area contributed by atoms with Crippen LogP contribution in [-0.2, 0) is 0 Å². The van der Waals surface area contributed by atoms with Crippen LogP contribution < -0.4 is 10.2 Å². The van der Waals surface area contributed by atoms with E-state index in [0.717, 1.165) is 29.9 Å². The molecule has 1 amide bonds. The summed E-state index contributed by atoms with van der Waals surface area (Å²) in [4.78, 5) is 23.2. The average Bonchev–Trinajstić information content (AvgIpc) is 3.15. The quantitative estimate of drug-likeness (QED) is 0.659. The molecule has 0 radical (unpaired) electrons. The Morgan fingerprint density at radius 3 is 2.73 bits per heavy atom. The Hall–Kier alpha value is -2.73. The van der Waals surface area contributed by atoms with Crippen molar-refractivity contribution in [2.45, 2.75) is 19.8 Å². The molecular formula is C20H22N4OS. The van der Waals surface area contributed by atoms with Crippen LogP contribution in [0.2, 0.25) is 0 Å². The Bertz CT molecular complexity index is 846. The molecule has 1 aromatic carbocycles. The number of aromatic nitrogens is 2. The fourth-order valence-electron chi connectivity index (χ4n) is 2.54. The number of hydrogen-bond acceptors (Lipinski definition) is 5. The maximum absolute atomic E-state index is 12.4. The fourth-order valence-corrected chi connectivity index (χ4v) is 3.25. The maximum atomic E-state index is 12.4. The van der Waals surface area contributed by atoms with Crippen molar-refractivity contribution in [2.75, 3.05) is 23.8 Å². The number of nitrogens with zero attached hydrogens (tertiary/aromatic N) is 3. The van der Waals surface area contributed by atoms with Gasteiger partial charge in [-0.1, -0.05) is 13.3 Å². The van der Waals surface area contributed by atoms with Gasteiger partial charge in [-0.25, -0.2) is 4.98 Å². The highest BCUT2D eigenvalue weighted by molar-refractivity contribution is 7.14. The Morgan fingerprint density at radius 2 is 2.04 bits per heavy atom. The number of anilines is 2. The van der Waals surface area contributed by atoms with Crippen molar-refractivity contribution in [3.8, 4) is 11.3 Å². The van der Waals surface area contributed by atoms with Crippen LogP contribution in [0.4, 0.5) is 10.8 Å². The van der Waals surface area contributed by atoms with Gasteiger partial charge in [-0.15, -0.1) is 11.3 Å². The van der Waals surface area contributed by atoms with E-state index in [1.54, 1.807) is 12.4 Å². The van der Waals surface area contributed by atoms with E-state index in [4.69, 9.17) is 0 Å². The Balaban J connectivity index is 1.64. The molecule has 0 bridgehead atoms. The lowest BCUT2D eigenvalue weighted by molar-refractivity contribution is 0.102. The number of thiazole rings is 1. The van der Waals surface area contributed by atoms with Gasteiger partial charge in [0.2, 0.25) is 0 Å². The Morgan fingerprint density at radius 1 is 1.23 bits per heavy atom. The van der Waals surface area contributed by atoms with Crippen molar-refractivity contribution in [1.82, 2.24) is 9.97 Å². The van der Waals surface area contributed by atoms with Crippen molar-refractivity contribution >= 4 is 28.1 Å². The zero-order valence-electron chi connectivity index (χ0n) is 15.0. The van der Waals surface area contributed by atoms with Gasteiger partial charge in [-0.05, 0) is 42.8 Å². The van der Waals surface area contributed by atoms with E-state index in [2.05, 4.69) is 34.2 Å². The minimum Gasteiger partial charge on any atom is -0.375 e. The third-order valence-electron chi connectivity index (χ3n) is 4.10. The van der Waals surface area contributed by atoms with Crippen molar-refractivity contribution < 1.29 is 4.79 Å². The van der Waals surface area contributed by atoms with Gasteiger partial charge < -0.3 is 4.90 Å². The molecule has 1 N–H and O–H groups in total. The first kappa shape index (κ1) is 18.1. The molecule has 0 saturated carbocycles. The topological polar surface area (TPSA) is 58.1 Å². The average molecular weight is 366 g/mol. The molecule has 5 nitrogen and oxygen atoms in total. The van der Waals surface area contributed by atoms with Gasteiger partial charge in [0.1, 0.15) is 0 Å². The summed E-state index contributed by atoms with van der Waals surface area (Å²) in [6, 6.07) is 11.5. The second-order valence-corrected chi connectivity index (χ2v) is 6.91. The summed E-state index contributed by atoms with van der Waals surface area (Å²) in [5, 5.41) is 5.36. The van der Waals surface area contributed by atoms with Gasteiger partial charge in [0.25, 0.3) is 5.91 Å². The number of rotatable bonds is 7. The van der Waals surface area contributed by atoms with Crippen LogP contribution in [0.3, 0.4) is 0 Å². The number of pyridine rings is 1. The number of nitrogens with one attached hydrogen (secondary N) is 1. The summed E-state index contributed by atoms with van der Waals surface area (Å²) in [5.74, 6) is -0.153.